The van der Waals surface area contributed by atoms with E-state index in [1.807, 2.05) is 0 Å². The van der Waals surface area contributed by atoms with Gasteiger partial charge in [0.1, 0.15) is 0 Å². The molecule has 0 heterocycles. The molecule has 106 valence electrons. The van der Waals surface area contributed by atoms with Crippen molar-refractivity contribution in [2.24, 2.45) is 9.98 Å². The average Bonchev–Trinajstić information content (AvgIpc) is 2.45. The first-order valence-electron chi connectivity index (χ1n) is 7.20. The van der Waals surface area contributed by atoms with E-state index in [0.717, 1.165) is 12.8 Å². The summed E-state index contributed by atoms with van der Waals surface area (Å²) in [5, 5.41) is 0.187. The predicted octanol–water partition coefficient (Wildman–Crippen LogP) is 0.136. The Labute approximate surface area is 122 Å². The van der Waals surface area contributed by atoms with Crippen LogP contribution in [0.4, 0.5) is 0 Å². The van der Waals surface area contributed by atoms with Gasteiger partial charge < -0.3 is 0 Å². The van der Waals surface area contributed by atoms with E-state index in [9.17, 15) is 9.59 Å². The minimum atomic E-state index is -0.313. The van der Waals surface area contributed by atoms with Gasteiger partial charge in [-0.1, -0.05) is 19.6 Å². The van der Waals surface area contributed by atoms with Crippen LogP contribution in [0.3, 0.4) is 0 Å². The molecule has 1 aliphatic carbocycles. The second kappa shape index (κ2) is 7.26. The summed E-state index contributed by atoms with van der Waals surface area (Å²) in [5.41, 5.74) is 0. The molecule has 4 nitrogen and oxygen atoms in total. The van der Waals surface area contributed by atoms with E-state index < -0.39 is 0 Å². The van der Waals surface area contributed by atoms with E-state index in [0.29, 0.717) is 11.2 Å². The highest BCUT2D eigenvalue weighted by Gasteiger charge is 2.46. The minimum Gasteiger partial charge on any atom is -0.211 e. The predicted molar refractivity (Wildman–Crippen MR) is 87.4 cm³/mol. The Balaban J connectivity index is 3.08. The molecule has 0 aromatic heterocycles. The van der Waals surface area contributed by atoms with Gasteiger partial charge in [0.2, 0.25) is 12.2 Å². The second-order valence-electron chi connectivity index (χ2n) is 5.93. The highest BCUT2D eigenvalue weighted by atomic mass is 28.3. The van der Waals surface area contributed by atoms with Gasteiger partial charge in [0.15, 0.2) is 0 Å². The number of aliphatic imine (C=N–C) groups is 2. The fourth-order valence-electron chi connectivity index (χ4n) is 3.67. The maximum atomic E-state index is 10.6. The first-order valence-corrected chi connectivity index (χ1v) is 13.6. The molecule has 0 aromatic carbocycles. The van der Waals surface area contributed by atoms with Crippen molar-refractivity contribution in [3.05, 3.63) is 0 Å². The number of isocyanates is 2. The fraction of sp³-hybridized carbons (Fsp3) is 0.833. The SMILES string of the molecule is C[SiH2]C1(CN=C=O)CC(N=C=O)CC([SiH2]C)([SiH2]C)C1. The van der Waals surface area contributed by atoms with Gasteiger partial charge in [-0.2, -0.15) is 0 Å². The molecular formula is C12H24N2O2Si3. The first kappa shape index (κ1) is 16.5. The first-order chi connectivity index (χ1) is 9.09. The Hall–Kier alpha value is -0.589. The normalized spacial score (nSPS) is 36.1. The lowest BCUT2D eigenvalue weighted by Crippen LogP contribution is -2.43. The van der Waals surface area contributed by atoms with Crippen molar-refractivity contribution in [2.45, 2.75) is 54.6 Å². The molecular weight excluding hydrogens is 288 g/mol. The molecule has 0 saturated heterocycles. The molecule has 2 unspecified atom stereocenters. The smallest absolute Gasteiger partial charge is 0.211 e. The van der Waals surface area contributed by atoms with E-state index in [4.69, 9.17) is 0 Å². The molecule has 7 heteroatoms. The van der Waals surface area contributed by atoms with Crippen molar-refractivity contribution in [3.63, 3.8) is 0 Å². The number of rotatable bonds is 6. The Morgan fingerprint density at radius 3 is 2.26 bits per heavy atom. The van der Waals surface area contributed by atoms with Crippen LogP contribution in [0.15, 0.2) is 9.98 Å². The Morgan fingerprint density at radius 2 is 1.79 bits per heavy atom. The van der Waals surface area contributed by atoms with Crippen molar-refractivity contribution >= 4 is 40.7 Å². The van der Waals surface area contributed by atoms with Crippen LogP contribution < -0.4 is 0 Å². The van der Waals surface area contributed by atoms with Crippen LogP contribution >= 0.6 is 0 Å². The minimum absolute atomic E-state index is 0.125. The topological polar surface area (TPSA) is 58.9 Å². The van der Waals surface area contributed by atoms with Crippen LogP contribution in [0.1, 0.15) is 19.3 Å². The Morgan fingerprint density at radius 1 is 1.11 bits per heavy atom. The van der Waals surface area contributed by atoms with Crippen molar-refractivity contribution < 1.29 is 9.59 Å². The average molecular weight is 313 g/mol. The molecule has 0 aromatic rings. The molecule has 1 aliphatic rings. The van der Waals surface area contributed by atoms with Crippen molar-refractivity contribution in [1.29, 1.82) is 0 Å². The fourth-order valence-corrected chi connectivity index (χ4v) is 10.9. The highest BCUT2D eigenvalue weighted by Crippen LogP contribution is 2.54. The number of hydrogen-bond donors (Lipinski definition) is 0. The van der Waals surface area contributed by atoms with Crippen LogP contribution in [0.5, 0.6) is 0 Å². The lowest BCUT2D eigenvalue weighted by atomic mass is 9.83. The third kappa shape index (κ3) is 3.94. The van der Waals surface area contributed by atoms with E-state index in [2.05, 4.69) is 29.6 Å². The molecule has 0 N–H and O–H groups in total. The van der Waals surface area contributed by atoms with Crippen LogP contribution in [0, 0.1) is 0 Å². The van der Waals surface area contributed by atoms with Gasteiger partial charge in [-0.05, 0) is 29.0 Å². The lowest BCUT2D eigenvalue weighted by Gasteiger charge is -2.48. The van der Waals surface area contributed by atoms with Gasteiger partial charge in [0, 0.05) is 28.6 Å². The van der Waals surface area contributed by atoms with Crippen LogP contribution in [0.25, 0.3) is 0 Å². The van der Waals surface area contributed by atoms with E-state index in [1.165, 1.54) is 6.42 Å². The second-order valence-corrected chi connectivity index (χ2v) is 13.5. The third-order valence-corrected chi connectivity index (χ3v) is 14.4. The number of carbonyl (C=O) groups excluding carboxylic acids is 2. The monoisotopic (exact) mass is 312 g/mol. The quantitative estimate of drug-likeness (QED) is 0.398. The van der Waals surface area contributed by atoms with Gasteiger partial charge in [0.25, 0.3) is 0 Å². The maximum Gasteiger partial charge on any atom is 0.235 e. The summed E-state index contributed by atoms with van der Waals surface area (Å²) in [5.74, 6) is 0. The summed E-state index contributed by atoms with van der Waals surface area (Å²) in [6.07, 6.45) is 6.71. The summed E-state index contributed by atoms with van der Waals surface area (Å²) in [6.45, 7) is 7.67. The van der Waals surface area contributed by atoms with Crippen LogP contribution in [-0.4, -0.2) is 53.3 Å². The van der Waals surface area contributed by atoms with Gasteiger partial charge >= 0.3 is 0 Å². The summed E-state index contributed by atoms with van der Waals surface area (Å²) >= 11 is 0. The molecule has 0 radical (unpaired) electrons. The molecule has 0 aliphatic heterocycles. The van der Waals surface area contributed by atoms with Gasteiger partial charge in [-0.25, -0.2) is 19.6 Å². The molecule has 2 atom stereocenters. The van der Waals surface area contributed by atoms with Gasteiger partial charge in [-0.15, -0.1) is 0 Å². The molecule has 1 rings (SSSR count). The number of hydrogen-bond acceptors (Lipinski definition) is 4. The Kier molecular flexibility index (Phi) is 6.29. The van der Waals surface area contributed by atoms with E-state index in [1.54, 1.807) is 12.2 Å². The van der Waals surface area contributed by atoms with E-state index >= 15 is 0 Å². The van der Waals surface area contributed by atoms with Crippen molar-refractivity contribution in [1.82, 2.24) is 0 Å². The molecule has 0 bridgehead atoms. The zero-order valence-corrected chi connectivity index (χ0v) is 16.5. The van der Waals surface area contributed by atoms with E-state index in [-0.39, 0.29) is 39.6 Å². The lowest BCUT2D eigenvalue weighted by molar-refractivity contribution is 0.319. The maximum absolute atomic E-state index is 10.6. The van der Waals surface area contributed by atoms with Crippen molar-refractivity contribution in [3.8, 4) is 0 Å². The van der Waals surface area contributed by atoms with Crippen LogP contribution in [0.2, 0.25) is 29.3 Å². The zero-order chi connectivity index (χ0) is 14.4. The van der Waals surface area contributed by atoms with Gasteiger partial charge in [0.05, 0.1) is 12.6 Å². The Bertz CT molecular complexity index is 402. The summed E-state index contributed by atoms with van der Waals surface area (Å²) in [4.78, 5) is 29.0. The number of nitrogens with zero attached hydrogens (tertiary/aromatic N) is 2. The molecule has 1 fully saturated rings. The molecule has 0 amide bonds. The summed E-state index contributed by atoms with van der Waals surface area (Å²) in [7, 11) is -0.583. The van der Waals surface area contributed by atoms with Gasteiger partial charge in [-0.3, -0.25) is 0 Å². The molecule has 0 spiro atoms. The highest BCUT2D eigenvalue weighted by molar-refractivity contribution is 6.61. The largest absolute Gasteiger partial charge is 0.235 e. The summed E-state index contributed by atoms with van der Waals surface area (Å²) in [6, 6.07) is 0.125. The van der Waals surface area contributed by atoms with Crippen LogP contribution in [-0.2, 0) is 9.59 Å². The van der Waals surface area contributed by atoms with Crippen molar-refractivity contribution in [2.75, 3.05) is 6.54 Å². The summed E-state index contributed by atoms with van der Waals surface area (Å²) < 4.78 is 0.519. The third-order valence-electron chi connectivity index (χ3n) is 5.05. The zero-order valence-electron chi connectivity index (χ0n) is 12.2. The molecule has 1 saturated carbocycles. The standard InChI is InChI=1S/C12H24N2O2Si3/c1-17-11(7-13-8-15)4-10(14-9-16)5-12(6-11,18-2)19-3/h10H,4-7,17-19H2,1-3H3. The molecule has 19 heavy (non-hydrogen) atoms.